The highest BCUT2D eigenvalue weighted by Crippen LogP contribution is 2.41. The average Bonchev–Trinajstić information content (AvgIpc) is 3.08. The number of hydrogen-bond acceptors (Lipinski definition) is 4. The summed E-state index contributed by atoms with van der Waals surface area (Å²) < 4.78 is 13.5. The van der Waals surface area contributed by atoms with Gasteiger partial charge in [0, 0.05) is 5.92 Å². The maximum absolute atomic E-state index is 13.5. The van der Waals surface area contributed by atoms with Gasteiger partial charge in [0.25, 0.3) is 5.91 Å². The second kappa shape index (κ2) is 8.74. The summed E-state index contributed by atoms with van der Waals surface area (Å²) in [5.74, 6) is -0.860. The molecule has 5 nitrogen and oxygen atoms in total. The molecular weight excluding hydrogens is 405 g/mol. The first kappa shape index (κ1) is 20.8. The van der Waals surface area contributed by atoms with Crippen LogP contribution < -0.4 is 10.3 Å². The molecule has 0 saturated heterocycles. The number of benzene rings is 2. The maximum atomic E-state index is 13.5. The lowest BCUT2D eigenvalue weighted by Crippen LogP contribution is -2.48. The van der Waals surface area contributed by atoms with Gasteiger partial charge in [0.15, 0.2) is 0 Å². The summed E-state index contributed by atoms with van der Waals surface area (Å²) in [6.07, 6.45) is 2.86. The predicted octanol–water partition coefficient (Wildman–Crippen LogP) is 4.45. The fraction of sp³-hybridized carbons (Fsp3) is 0.391. The third-order valence-electron chi connectivity index (χ3n) is 5.97. The Balaban J connectivity index is 1.67. The number of para-hydroxylation sites is 1. The van der Waals surface area contributed by atoms with Gasteiger partial charge in [-0.15, -0.1) is 0 Å². The number of nitrogens with one attached hydrogen (secondary N) is 1. The quantitative estimate of drug-likeness (QED) is 0.754. The molecule has 0 bridgehead atoms. The van der Waals surface area contributed by atoms with Crippen molar-refractivity contribution in [1.82, 2.24) is 5.32 Å². The molecule has 1 aliphatic heterocycles. The molecule has 2 aromatic rings. The minimum Gasteiger partial charge on any atom is -0.391 e. The van der Waals surface area contributed by atoms with Gasteiger partial charge < -0.3 is 10.4 Å². The molecule has 1 heterocycles. The molecule has 1 saturated carbocycles. The molecule has 2 N–H and O–H groups in total. The Labute approximate surface area is 180 Å². The zero-order valence-corrected chi connectivity index (χ0v) is 17.5. The summed E-state index contributed by atoms with van der Waals surface area (Å²) in [7, 11) is 0. The van der Waals surface area contributed by atoms with Crippen LogP contribution in [0.5, 0.6) is 0 Å². The summed E-state index contributed by atoms with van der Waals surface area (Å²) in [5.41, 5.74) is 1.90. The molecular formula is C23H25ClFN3O2. The second-order valence-electron chi connectivity index (χ2n) is 8.00. The maximum Gasteiger partial charge on any atom is 0.268 e. The van der Waals surface area contributed by atoms with Crippen LogP contribution in [0.4, 0.5) is 10.1 Å². The second-order valence-corrected chi connectivity index (χ2v) is 8.41. The van der Waals surface area contributed by atoms with Gasteiger partial charge in [0.2, 0.25) is 0 Å². The highest BCUT2D eigenvalue weighted by molar-refractivity contribution is 6.41. The number of carbonyl (C=O) groups is 1. The molecule has 1 amide bonds. The Hall–Kier alpha value is -2.44. The summed E-state index contributed by atoms with van der Waals surface area (Å²) in [6, 6.07) is 13.0. The summed E-state index contributed by atoms with van der Waals surface area (Å²) in [5, 5.41) is 20.1. The van der Waals surface area contributed by atoms with Crippen LogP contribution in [0.25, 0.3) is 0 Å². The molecule has 4 rings (SSSR count). The SMILES string of the molecule is CC1C(C(=O)N[C@H]2CCCC[C@@H]2O)=NN(c2ccccc2Cl)C1c1ccc(F)cc1. The van der Waals surface area contributed by atoms with E-state index in [1.165, 1.54) is 12.1 Å². The van der Waals surface area contributed by atoms with E-state index in [0.717, 1.165) is 24.8 Å². The standard InChI is InChI=1S/C23H25ClFN3O2/c1-14-21(23(30)26-18-7-3-5-9-20(18)29)27-28(19-8-4-2-6-17(19)24)22(14)15-10-12-16(25)13-11-15/h2,4,6,8,10-14,18,20,22,29H,3,5,7,9H2,1H3,(H,26,30)/t14?,18-,20-,22?/m0/s1. The highest BCUT2D eigenvalue weighted by Gasteiger charge is 2.40. The number of hydrazone groups is 1. The van der Waals surface area contributed by atoms with E-state index in [4.69, 9.17) is 11.6 Å². The van der Waals surface area contributed by atoms with E-state index in [1.807, 2.05) is 25.1 Å². The molecule has 7 heteroatoms. The normalized spacial score (nSPS) is 26.4. The van der Waals surface area contributed by atoms with E-state index in [9.17, 15) is 14.3 Å². The van der Waals surface area contributed by atoms with Crippen LogP contribution in [0.3, 0.4) is 0 Å². The lowest BCUT2D eigenvalue weighted by Gasteiger charge is -2.29. The average molecular weight is 430 g/mol. The zero-order valence-electron chi connectivity index (χ0n) is 16.8. The number of nitrogens with zero attached hydrogens (tertiary/aromatic N) is 2. The third kappa shape index (κ3) is 4.07. The zero-order chi connectivity index (χ0) is 21.3. The van der Waals surface area contributed by atoms with Crippen LogP contribution in [-0.2, 0) is 4.79 Å². The van der Waals surface area contributed by atoms with Crippen molar-refractivity contribution in [2.75, 3.05) is 5.01 Å². The molecule has 2 unspecified atom stereocenters. The number of rotatable bonds is 4. The van der Waals surface area contributed by atoms with Gasteiger partial charge in [0.05, 0.1) is 28.9 Å². The van der Waals surface area contributed by atoms with E-state index in [1.54, 1.807) is 23.2 Å². The molecule has 158 valence electrons. The molecule has 2 aromatic carbocycles. The van der Waals surface area contributed by atoms with Gasteiger partial charge in [-0.1, -0.05) is 55.6 Å². The molecule has 0 radical (unpaired) electrons. The summed E-state index contributed by atoms with van der Waals surface area (Å²) >= 11 is 6.43. The monoisotopic (exact) mass is 429 g/mol. The smallest absolute Gasteiger partial charge is 0.268 e. The molecule has 0 aromatic heterocycles. The summed E-state index contributed by atoms with van der Waals surface area (Å²) in [6.45, 7) is 1.93. The van der Waals surface area contributed by atoms with Crippen molar-refractivity contribution in [1.29, 1.82) is 0 Å². The first-order valence-corrected chi connectivity index (χ1v) is 10.7. The lowest BCUT2D eigenvalue weighted by molar-refractivity contribution is -0.116. The van der Waals surface area contributed by atoms with Crippen LogP contribution in [0.15, 0.2) is 53.6 Å². The molecule has 30 heavy (non-hydrogen) atoms. The number of carbonyl (C=O) groups excluding carboxylic acids is 1. The third-order valence-corrected chi connectivity index (χ3v) is 6.29. The molecule has 0 spiro atoms. The molecule has 1 fully saturated rings. The first-order chi connectivity index (χ1) is 14.5. The van der Waals surface area contributed by atoms with Crippen molar-refractivity contribution in [3.63, 3.8) is 0 Å². The Morgan fingerprint density at radius 3 is 2.57 bits per heavy atom. The predicted molar refractivity (Wildman–Crippen MR) is 116 cm³/mol. The Morgan fingerprint density at radius 2 is 1.87 bits per heavy atom. The first-order valence-electron chi connectivity index (χ1n) is 10.3. The van der Waals surface area contributed by atoms with Crippen molar-refractivity contribution in [2.24, 2.45) is 11.0 Å². The highest BCUT2D eigenvalue weighted by atomic mass is 35.5. The number of hydrogen-bond donors (Lipinski definition) is 2. The number of amides is 1. The van der Waals surface area contributed by atoms with Crippen LogP contribution in [-0.4, -0.2) is 28.9 Å². The fourth-order valence-corrected chi connectivity index (χ4v) is 4.56. The van der Waals surface area contributed by atoms with E-state index in [2.05, 4.69) is 10.4 Å². The van der Waals surface area contributed by atoms with E-state index in [-0.39, 0.29) is 29.7 Å². The Kier molecular flexibility index (Phi) is 6.06. The van der Waals surface area contributed by atoms with Crippen LogP contribution in [0, 0.1) is 11.7 Å². The molecule has 4 atom stereocenters. The van der Waals surface area contributed by atoms with Crippen molar-refractivity contribution in [2.45, 2.75) is 50.8 Å². The largest absolute Gasteiger partial charge is 0.391 e. The summed E-state index contributed by atoms with van der Waals surface area (Å²) in [4.78, 5) is 13.1. The van der Waals surface area contributed by atoms with Crippen molar-refractivity contribution in [3.8, 4) is 0 Å². The molecule has 1 aliphatic carbocycles. The van der Waals surface area contributed by atoms with Gasteiger partial charge in [-0.2, -0.15) is 5.10 Å². The Bertz CT molecular complexity index is 950. The van der Waals surface area contributed by atoms with Crippen molar-refractivity contribution >= 4 is 28.9 Å². The van der Waals surface area contributed by atoms with Gasteiger partial charge in [-0.25, -0.2) is 4.39 Å². The number of halogens is 2. The fourth-order valence-electron chi connectivity index (χ4n) is 4.34. The van der Waals surface area contributed by atoms with Gasteiger partial charge >= 0.3 is 0 Å². The minimum absolute atomic E-state index is 0.257. The van der Waals surface area contributed by atoms with Gasteiger partial charge in [-0.05, 0) is 42.7 Å². The van der Waals surface area contributed by atoms with Gasteiger partial charge in [-0.3, -0.25) is 9.80 Å². The van der Waals surface area contributed by atoms with Crippen LogP contribution in [0.1, 0.15) is 44.2 Å². The number of anilines is 1. The number of aliphatic hydroxyl groups is 1. The van der Waals surface area contributed by atoms with Crippen LogP contribution >= 0.6 is 11.6 Å². The van der Waals surface area contributed by atoms with Crippen molar-refractivity contribution in [3.05, 3.63) is 64.9 Å². The molecule has 2 aliphatic rings. The van der Waals surface area contributed by atoms with E-state index in [0.29, 0.717) is 22.8 Å². The lowest BCUT2D eigenvalue weighted by atomic mass is 9.89. The minimum atomic E-state index is -0.535. The van der Waals surface area contributed by atoms with Gasteiger partial charge in [0.1, 0.15) is 11.5 Å². The van der Waals surface area contributed by atoms with Crippen LogP contribution in [0.2, 0.25) is 5.02 Å². The Morgan fingerprint density at radius 1 is 1.17 bits per heavy atom. The van der Waals surface area contributed by atoms with E-state index >= 15 is 0 Å². The van der Waals surface area contributed by atoms with E-state index < -0.39 is 6.10 Å². The topological polar surface area (TPSA) is 64.9 Å². The van der Waals surface area contributed by atoms with Crippen molar-refractivity contribution < 1.29 is 14.3 Å². The number of aliphatic hydroxyl groups excluding tert-OH is 1.